The Morgan fingerprint density at radius 2 is 1.88 bits per heavy atom. The van der Waals surface area contributed by atoms with E-state index in [1.165, 1.54) is 5.56 Å². The number of anilines is 2. The molecule has 0 aromatic carbocycles. The fourth-order valence-corrected chi connectivity index (χ4v) is 2.02. The molecule has 0 spiro atoms. The van der Waals surface area contributed by atoms with Gasteiger partial charge in [-0.15, -0.1) is 0 Å². The highest BCUT2D eigenvalue weighted by Gasteiger charge is 2.19. The van der Waals surface area contributed by atoms with Crippen LogP contribution >= 0.6 is 0 Å². The predicted molar refractivity (Wildman–Crippen MR) is 70.1 cm³/mol. The van der Waals surface area contributed by atoms with E-state index in [0.29, 0.717) is 5.95 Å². The second-order valence-corrected chi connectivity index (χ2v) is 5.48. The van der Waals surface area contributed by atoms with E-state index in [1.807, 2.05) is 0 Å². The van der Waals surface area contributed by atoms with E-state index >= 15 is 0 Å². The molecule has 1 aliphatic heterocycles. The molecule has 0 aliphatic carbocycles. The summed E-state index contributed by atoms with van der Waals surface area (Å²) in [6.07, 6.45) is 1.87. The van der Waals surface area contributed by atoms with Gasteiger partial charge in [-0.3, -0.25) is 0 Å². The third-order valence-corrected chi connectivity index (χ3v) is 2.69. The highest BCUT2D eigenvalue weighted by molar-refractivity contribution is 5.51. The van der Waals surface area contributed by atoms with Crippen molar-refractivity contribution < 1.29 is 0 Å². The van der Waals surface area contributed by atoms with Crippen LogP contribution in [0.2, 0.25) is 0 Å². The number of nitrogens with one attached hydrogen (secondary N) is 2. The summed E-state index contributed by atoms with van der Waals surface area (Å²) in [6, 6.07) is 0. The predicted octanol–water partition coefficient (Wildman–Crippen LogP) is 0.957. The zero-order valence-corrected chi connectivity index (χ0v) is 10.8. The Kier molecular flexibility index (Phi) is 3.19. The lowest BCUT2D eigenvalue weighted by atomic mass is 10.1. The van der Waals surface area contributed by atoms with Crippen LogP contribution in [-0.2, 0) is 12.8 Å². The molecule has 0 radical (unpaired) electrons. The average molecular weight is 235 g/mol. The third-order valence-electron chi connectivity index (χ3n) is 2.69. The fourth-order valence-electron chi connectivity index (χ4n) is 2.02. The number of nitrogens with two attached hydrogens (primary N) is 1. The van der Waals surface area contributed by atoms with Gasteiger partial charge in [-0.2, -0.15) is 4.98 Å². The molecule has 5 nitrogen and oxygen atoms in total. The molecule has 0 atom stereocenters. The lowest BCUT2D eigenvalue weighted by molar-refractivity contribution is 0.627. The molecule has 94 valence electrons. The average Bonchev–Trinajstić information content (AvgIpc) is 2.39. The standard InChI is InChI=1S/C12H21N5/c1-12(2,3)17-10-8-4-6-14-7-5-9(8)15-11(13)16-10/h14H,4-7H2,1-3H3,(H3,13,15,16,17). The van der Waals surface area contributed by atoms with Crippen molar-refractivity contribution in [1.29, 1.82) is 0 Å². The molecule has 0 amide bonds. The third kappa shape index (κ3) is 3.06. The highest BCUT2D eigenvalue weighted by atomic mass is 15.1. The van der Waals surface area contributed by atoms with Gasteiger partial charge >= 0.3 is 0 Å². The van der Waals surface area contributed by atoms with Crippen LogP contribution in [-0.4, -0.2) is 28.6 Å². The Balaban J connectivity index is 2.40. The van der Waals surface area contributed by atoms with Gasteiger partial charge in [-0.25, -0.2) is 4.98 Å². The molecule has 4 N–H and O–H groups in total. The van der Waals surface area contributed by atoms with Crippen LogP contribution in [0.1, 0.15) is 32.0 Å². The van der Waals surface area contributed by atoms with Gasteiger partial charge in [0.05, 0.1) is 5.69 Å². The fraction of sp³-hybridized carbons (Fsp3) is 0.667. The molecule has 1 aliphatic rings. The Morgan fingerprint density at radius 1 is 1.18 bits per heavy atom. The van der Waals surface area contributed by atoms with Crippen molar-refractivity contribution in [2.45, 2.75) is 39.2 Å². The summed E-state index contributed by atoms with van der Waals surface area (Å²) in [4.78, 5) is 8.69. The Bertz CT molecular complexity index is 408. The maximum Gasteiger partial charge on any atom is 0.222 e. The number of fused-ring (bicyclic) bond motifs is 1. The van der Waals surface area contributed by atoms with E-state index in [9.17, 15) is 0 Å². The zero-order chi connectivity index (χ0) is 12.5. The molecule has 1 aromatic heterocycles. The Morgan fingerprint density at radius 3 is 2.59 bits per heavy atom. The maximum absolute atomic E-state index is 5.77. The minimum absolute atomic E-state index is 0.0195. The number of hydrogen-bond acceptors (Lipinski definition) is 5. The summed E-state index contributed by atoms with van der Waals surface area (Å²) in [6.45, 7) is 8.28. The van der Waals surface area contributed by atoms with Crippen molar-refractivity contribution in [3.63, 3.8) is 0 Å². The van der Waals surface area contributed by atoms with Crippen LogP contribution in [0.25, 0.3) is 0 Å². The molecular weight excluding hydrogens is 214 g/mol. The molecular formula is C12H21N5. The molecule has 0 saturated heterocycles. The molecule has 17 heavy (non-hydrogen) atoms. The topological polar surface area (TPSA) is 75.9 Å². The van der Waals surface area contributed by atoms with Crippen LogP contribution in [0.3, 0.4) is 0 Å². The monoisotopic (exact) mass is 235 g/mol. The second kappa shape index (κ2) is 4.49. The van der Waals surface area contributed by atoms with Crippen molar-refractivity contribution in [3.05, 3.63) is 11.3 Å². The van der Waals surface area contributed by atoms with Crippen molar-refractivity contribution in [2.75, 3.05) is 24.1 Å². The summed E-state index contributed by atoms with van der Waals surface area (Å²) in [5, 5.41) is 6.79. The van der Waals surface area contributed by atoms with Crippen LogP contribution < -0.4 is 16.4 Å². The summed E-state index contributed by atoms with van der Waals surface area (Å²) >= 11 is 0. The quantitative estimate of drug-likeness (QED) is 0.676. The molecule has 1 aromatic rings. The first-order valence-electron chi connectivity index (χ1n) is 6.10. The Hall–Kier alpha value is -1.36. The van der Waals surface area contributed by atoms with Gasteiger partial charge in [0.25, 0.3) is 0 Å². The molecule has 2 rings (SSSR count). The summed E-state index contributed by atoms with van der Waals surface area (Å²) in [5.41, 5.74) is 8.04. The number of aromatic nitrogens is 2. The first kappa shape index (κ1) is 12.1. The zero-order valence-electron chi connectivity index (χ0n) is 10.8. The number of nitrogen functional groups attached to an aromatic ring is 1. The van der Waals surface area contributed by atoms with E-state index in [0.717, 1.165) is 37.4 Å². The van der Waals surface area contributed by atoms with Gasteiger partial charge in [-0.05, 0) is 33.7 Å². The normalized spacial score (nSPS) is 16.2. The van der Waals surface area contributed by atoms with Gasteiger partial charge in [-0.1, -0.05) is 0 Å². The van der Waals surface area contributed by atoms with E-state index in [4.69, 9.17) is 5.73 Å². The van der Waals surface area contributed by atoms with Crippen LogP contribution in [0.5, 0.6) is 0 Å². The lowest BCUT2D eigenvalue weighted by Gasteiger charge is -2.24. The van der Waals surface area contributed by atoms with E-state index in [2.05, 4.69) is 41.4 Å². The van der Waals surface area contributed by atoms with E-state index < -0.39 is 0 Å². The smallest absolute Gasteiger partial charge is 0.222 e. The first-order valence-corrected chi connectivity index (χ1v) is 6.10. The van der Waals surface area contributed by atoms with Gasteiger partial charge in [0.15, 0.2) is 0 Å². The number of rotatable bonds is 1. The van der Waals surface area contributed by atoms with Gasteiger partial charge in [0.2, 0.25) is 5.95 Å². The molecule has 0 fully saturated rings. The summed E-state index contributed by atoms with van der Waals surface area (Å²) in [7, 11) is 0. The number of nitrogens with zero attached hydrogens (tertiary/aromatic N) is 2. The molecule has 0 unspecified atom stereocenters. The van der Waals surface area contributed by atoms with Gasteiger partial charge < -0.3 is 16.4 Å². The van der Waals surface area contributed by atoms with Crippen molar-refractivity contribution >= 4 is 11.8 Å². The van der Waals surface area contributed by atoms with Crippen LogP contribution in [0, 0.1) is 0 Å². The maximum atomic E-state index is 5.77. The van der Waals surface area contributed by atoms with Crippen molar-refractivity contribution in [3.8, 4) is 0 Å². The first-order chi connectivity index (χ1) is 7.96. The molecule has 2 heterocycles. The summed E-state index contributed by atoms with van der Waals surface area (Å²) < 4.78 is 0. The van der Waals surface area contributed by atoms with Gasteiger partial charge in [0, 0.05) is 24.1 Å². The van der Waals surface area contributed by atoms with Crippen LogP contribution in [0.15, 0.2) is 0 Å². The Labute approximate surface area is 102 Å². The minimum atomic E-state index is -0.0195. The van der Waals surface area contributed by atoms with E-state index in [1.54, 1.807) is 0 Å². The molecule has 5 heteroatoms. The second-order valence-electron chi connectivity index (χ2n) is 5.48. The summed E-state index contributed by atoms with van der Waals surface area (Å²) in [5.74, 6) is 1.25. The molecule has 0 bridgehead atoms. The minimum Gasteiger partial charge on any atom is -0.368 e. The van der Waals surface area contributed by atoms with Crippen LogP contribution in [0.4, 0.5) is 11.8 Å². The largest absolute Gasteiger partial charge is 0.368 e. The highest BCUT2D eigenvalue weighted by Crippen LogP contribution is 2.23. The SMILES string of the molecule is CC(C)(C)Nc1nc(N)nc2c1CCNCC2. The van der Waals surface area contributed by atoms with E-state index in [-0.39, 0.29) is 5.54 Å². The van der Waals surface area contributed by atoms with Crippen molar-refractivity contribution in [1.82, 2.24) is 15.3 Å². The molecule has 0 saturated carbocycles. The van der Waals surface area contributed by atoms with Crippen molar-refractivity contribution in [2.24, 2.45) is 0 Å². The van der Waals surface area contributed by atoms with Gasteiger partial charge in [0.1, 0.15) is 5.82 Å². The lowest BCUT2D eigenvalue weighted by Crippen LogP contribution is -2.28. The number of hydrogen-bond donors (Lipinski definition) is 3.